The number of phenolic OH excluding ortho intramolecular Hbond substituents is 2. The molecule has 0 fully saturated rings. The number of aromatic nitrogens is 2. The number of methoxy groups -OCH3 is 2. The minimum atomic E-state index is -3.96. The number of carbonyl (C=O) groups is 1. The van der Waals surface area contributed by atoms with Crippen LogP contribution in [0.1, 0.15) is 22.5 Å². The molecule has 0 aliphatic carbocycles. The summed E-state index contributed by atoms with van der Waals surface area (Å²) in [5.74, 6) is 0.162. The molecule has 0 saturated carbocycles. The SMILES string of the molecule is COc1cc(/C=C/C(=O)/C=C(/C=C/c2ccc(O)c(OC)c2)Nc2ccc(S(=O)(=O)Nc3nc(C)cc(C)n3)cc2)ccc1O. The Bertz CT molecular complexity index is 1880. The number of anilines is 2. The van der Waals surface area contributed by atoms with Crippen LogP contribution in [0.4, 0.5) is 11.6 Å². The minimum absolute atomic E-state index is 0.00333. The Morgan fingerprint density at radius 3 is 1.84 bits per heavy atom. The summed E-state index contributed by atoms with van der Waals surface area (Å²) < 4.78 is 38.6. The second-order valence-electron chi connectivity index (χ2n) is 9.76. The Morgan fingerprint density at radius 2 is 1.31 bits per heavy atom. The highest BCUT2D eigenvalue weighted by atomic mass is 32.2. The number of nitrogens with zero attached hydrogens (tertiary/aromatic N) is 2. The number of hydrogen-bond donors (Lipinski definition) is 4. The minimum Gasteiger partial charge on any atom is -0.504 e. The predicted molar refractivity (Wildman–Crippen MR) is 173 cm³/mol. The smallest absolute Gasteiger partial charge is 0.264 e. The predicted octanol–water partition coefficient (Wildman–Crippen LogP) is 5.61. The molecule has 1 heterocycles. The van der Waals surface area contributed by atoms with Crippen molar-refractivity contribution in [1.82, 2.24) is 9.97 Å². The summed E-state index contributed by atoms with van der Waals surface area (Å²) in [7, 11) is -1.08. The van der Waals surface area contributed by atoms with Crippen molar-refractivity contribution >= 4 is 39.6 Å². The Labute approximate surface area is 261 Å². The molecule has 0 bridgehead atoms. The second-order valence-corrected chi connectivity index (χ2v) is 11.4. The number of aryl methyl sites for hydroxylation is 2. The molecule has 4 aromatic rings. The molecule has 4 rings (SSSR count). The lowest BCUT2D eigenvalue weighted by molar-refractivity contribution is -0.110. The topological polar surface area (TPSA) is 160 Å². The van der Waals surface area contributed by atoms with Crippen molar-refractivity contribution in [2.24, 2.45) is 0 Å². The van der Waals surface area contributed by atoms with Crippen molar-refractivity contribution in [1.29, 1.82) is 0 Å². The number of carbonyl (C=O) groups excluding carboxylic acids is 1. The van der Waals surface area contributed by atoms with Crippen LogP contribution in [-0.2, 0) is 14.8 Å². The van der Waals surface area contributed by atoms with Gasteiger partial charge in [0.15, 0.2) is 28.8 Å². The van der Waals surface area contributed by atoms with Gasteiger partial charge in [-0.1, -0.05) is 24.3 Å². The largest absolute Gasteiger partial charge is 0.504 e. The summed E-state index contributed by atoms with van der Waals surface area (Å²) in [6, 6.07) is 17.2. The van der Waals surface area contributed by atoms with E-state index in [1.807, 2.05) is 0 Å². The summed E-state index contributed by atoms with van der Waals surface area (Å²) in [4.78, 5) is 21.2. The van der Waals surface area contributed by atoms with Crippen molar-refractivity contribution in [2.75, 3.05) is 24.3 Å². The number of ether oxygens (including phenoxy) is 2. The highest BCUT2D eigenvalue weighted by Gasteiger charge is 2.16. The van der Waals surface area contributed by atoms with Crippen LogP contribution >= 0.6 is 0 Å². The fraction of sp³-hybridized carbons (Fsp3) is 0.121. The van der Waals surface area contributed by atoms with Crippen LogP contribution in [0.5, 0.6) is 23.0 Å². The zero-order valence-corrected chi connectivity index (χ0v) is 25.8. The summed E-state index contributed by atoms with van der Waals surface area (Å²) >= 11 is 0. The summed E-state index contributed by atoms with van der Waals surface area (Å²) in [6.45, 7) is 3.49. The van der Waals surface area contributed by atoms with E-state index in [2.05, 4.69) is 20.0 Å². The first-order valence-corrected chi connectivity index (χ1v) is 15.0. The first-order chi connectivity index (χ1) is 21.4. The third kappa shape index (κ3) is 8.94. The number of rotatable bonds is 12. The lowest BCUT2D eigenvalue weighted by atomic mass is 10.1. The van der Waals surface area contributed by atoms with Crippen LogP contribution in [0.15, 0.2) is 95.6 Å². The summed E-state index contributed by atoms with van der Waals surface area (Å²) in [5, 5.41) is 22.9. The Morgan fingerprint density at radius 1 is 0.778 bits per heavy atom. The van der Waals surface area contributed by atoms with Gasteiger partial charge in [0.05, 0.1) is 19.1 Å². The molecule has 0 atom stereocenters. The van der Waals surface area contributed by atoms with Crippen LogP contribution in [0, 0.1) is 13.8 Å². The molecule has 4 N–H and O–H groups in total. The normalized spacial score (nSPS) is 12.0. The molecule has 11 nitrogen and oxygen atoms in total. The Balaban J connectivity index is 1.58. The molecular weight excluding hydrogens is 596 g/mol. The van der Waals surface area contributed by atoms with Crippen molar-refractivity contribution in [3.63, 3.8) is 0 Å². The maximum Gasteiger partial charge on any atom is 0.264 e. The molecular formula is C33H32N4O7S. The van der Waals surface area contributed by atoms with Crippen molar-refractivity contribution < 1.29 is 32.9 Å². The van der Waals surface area contributed by atoms with Crippen LogP contribution in [0.25, 0.3) is 12.2 Å². The van der Waals surface area contributed by atoms with Gasteiger partial charge >= 0.3 is 0 Å². The molecule has 0 spiro atoms. The number of hydrogen-bond acceptors (Lipinski definition) is 10. The van der Waals surface area contributed by atoms with Crippen molar-refractivity contribution in [3.8, 4) is 23.0 Å². The first kappa shape index (κ1) is 32.3. The van der Waals surface area contributed by atoms with E-state index < -0.39 is 10.0 Å². The van der Waals surface area contributed by atoms with Gasteiger partial charge in [0, 0.05) is 28.8 Å². The van der Waals surface area contributed by atoms with Gasteiger partial charge in [-0.05, 0) is 91.7 Å². The molecule has 3 aromatic carbocycles. The maximum absolute atomic E-state index is 13.0. The fourth-order valence-electron chi connectivity index (χ4n) is 4.12. The van der Waals surface area contributed by atoms with Crippen LogP contribution in [0.2, 0.25) is 0 Å². The maximum atomic E-state index is 13.0. The van der Waals surface area contributed by atoms with E-state index in [1.165, 1.54) is 50.6 Å². The number of aromatic hydroxyl groups is 2. The lowest BCUT2D eigenvalue weighted by Crippen LogP contribution is -2.15. The second kappa shape index (κ2) is 14.2. The van der Waals surface area contributed by atoms with Gasteiger partial charge in [-0.15, -0.1) is 0 Å². The average Bonchev–Trinajstić information content (AvgIpc) is 2.99. The van der Waals surface area contributed by atoms with Gasteiger partial charge in [-0.25, -0.2) is 23.1 Å². The number of ketones is 1. The van der Waals surface area contributed by atoms with Crippen LogP contribution in [0.3, 0.4) is 0 Å². The zero-order valence-electron chi connectivity index (χ0n) is 25.0. The monoisotopic (exact) mass is 628 g/mol. The van der Waals surface area contributed by atoms with E-state index in [1.54, 1.807) is 74.5 Å². The van der Waals surface area contributed by atoms with Crippen molar-refractivity contribution in [2.45, 2.75) is 18.7 Å². The number of phenols is 2. The van der Waals surface area contributed by atoms with Crippen molar-refractivity contribution in [3.05, 3.63) is 113 Å². The van der Waals surface area contributed by atoms with E-state index in [4.69, 9.17) is 9.47 Å². The first-order valence-electron chi connectivity index (χ1n) is 13.5. The number of sulfonamides is 1. The molecule has 0 aliphatic rings. The lowest BCUT2D eigenvalue weighted by Gasteiger charge is -2.11. The Hall–Kier alpha value is -5.62. The fourth-order valence-corrected chi connectivity index (χ4v) is 5.07. The molecule has 0 radical (unpaired) electrons. The summed E-state index contributed by atoms with van der Waals surface area (Å²) in [5.41, 5.74) is 3.49. The third-order valence-electron chi connectivity index (χ3n) is 6.26. The van der Waals surface area contributed by atoms with Gasteiger partial charge in [0.25, 0.3) is 10.0 Å². The van der Waals surface area contributed by atoms with E-state index in [9.17, 15) is 23.4 Å². The molecule has 232 valence electrons. The van der Waals surface area contributed by atoms with Crippen LogP contribution < -0.4 is 19.5 Å². The third-order valence-corrected chi connectivity index (χ3v) is 7.61. The molecule has 45 heavy (non-hydrogen) atoms. The van der Waals surface area contributed by atoms with Gasteiger partial charge in [0.2, 0.25) is 5.95 Å². The van der Waals surface area contributed by atoms with Gasteiger partial charge < -0.3 is 25.0 Å². The number of nitrogens with one attached hydrogen (secondary N) is 2. The molecule has 0 amide bonds. The summed E-state index contributed by atoms with van der Waals surface area (Å²) in [6.07, 6.45) is 7.69. The zero-order chi connectivity index (χ0) is 32.6. The Kier molecular flexibility index (Phi) is 10.2. The number of allylic oxidation sites excluding steroid dienone is 3. The van der Waals surface area contributed by atoms with E-state index in [-0.39, 0.29) is 39.6 Å². The standard InChI is InChI=1S/C33H32N4O7S/c1-21-17-22(2)35-33(34-21)37-45(41,42)28-13-10-25(11-14-28)36-26(9-5-23-7-15-29(39)31(18-23)43-3)20-27(38)12-6-24-8-16-30(40)32(19-24)44-4/h5-20,36,39-40H,1-4H3,(H,34,35,37)/b9-5+,12-6+,26-20-. The molecule has 0 aliphatic heterocycles. The molecule has 0 saturated heterocycles. The molecule has 1 aromatic heterocycles. The van der Waals surface area contributed by atoms with E-state index in [0.717, 1.165) is 0 Å². The van der Waals surface area contributed by atoms with E-state index in [0.29, 0.717) is 33.9 Å². The van der Waals surface area contributed by atoms with E-state index >= 15 is 0 Å². The highest BCUT2D eigenvalue weighted by molar-refractivity contribution is 7.92. The average molecular weight is 629 g/mol. The molecule has 0 unspecified atom stereocenters. The molecule has 12 heteroatoms. The van der Waals surface area contributed by atoms with Crippen LogP contribution in [-0.4, -0.2) is 48.6 Å². The highest BCUT2D eigenvalue weighted by Crippen LogP contribution is 2.28. The quantitative estimate of drug-likeness (QED) is 0.115. The van der Waals surface area contributed by atoms with Gasteiger partial charge in [-0.2, -0.15) is 0 Å². The van der Waals surface area contributed by atoms with Gasteiger partial charge in [0.1, 0.15) is 0 Å². The number of benzene rings is 3. The van der Waals surface area contributed by atoms with Gasteiger partial charge in [-0.3, -0.25) is 4.79 Å².